The lowest BCUT2D eigenvalue weighted by molar-refractivity contribution is 0.0507. The van der Waals surface area contributed by atoms with Crippen LogP contribution in [0.3, 0.4) is 0 Å². The summed E-state index contributed by atoms with van der Waals surface area (Å²) in [7, 11) is 0.684. The first-order chi connectivity index (χ1) is 13.7. The van der Waals surface area contributed by atoms with Gasteiger partial charge in [0.2, 0.25) is 0 Å². The topological polar surface area (TPSA) is 66.9 Å². The molecule has 3 rings (SSSR count). The highest BCUT2D eigenvalue weighted by atomic mass is 32.2. The molecule has 1 aliphatic heterocycles. The van der Waals surface area contributed by atoms with Gasteiger partial charge in [0.1, 0.15) is 0 Å². The number of sulfone groups is 1. The fourth-order valence-corrected chi connectivity index (χ4v) is 4.03. The van der Waals surface area contributed by atoms with Crippen molar-refractivity contribution in [3.05, 3.63) is 59.7 Å². The molecule has 29 heavy (non-hydrogen) atoms. The van der Waals surface area contributed by atoms with E-state index in [1.165, 1.54) is 12.1 Å². The molecule has 0 radical (unpaired) electrons. The van der Waals surface area contributed by atoms with Crippen LogP contribution in [0.1, 0.15) is 28.8 Å². The second-order valence-corrected chi connectivity index (χ2v) is 9.69. The Morgan fingerprint density at radius 2 is 1.72 bits per heavy atom. The molecule has 1 aliphatic rings. The van der Waals surface area contributed by atoms with Crippen molar-refractivity contribution in [1.29, 1.82) is 0 Å². The highest BCUT2D eigenvalue weighted by molar-refractivity contribution is 7.90. The molecule has 0 spiro atoms. The molecule has 0 aliphatic carbocycles. The average Bonchev–Trinajstić information content (AvgIpc) is 3.20. The molecule has 1 atom stereocenters. The lowest BCUT2D eigenvalue weighted by Crippen LogP contribution is -2.37. The van der Waals surface area contributed by atoms with Gasteiger partial charge in [0.25, 0.3) is 5.91 Å². The second kappa shape index (κ2) is 8.97. The van der Waals surface area contributed by atoms with Crippen molar-refractivity contribution in [3.8, 4) is 0 Å². The maximum atomic E-state index is 13.2. The van der Waals surface area contributed by atoms with Gasteiger partial charge in [-0.25, -0.2) is 8.42 Å². The van der Waals surface area contributed by atoms with Crippen LogP contribution in [0.4, 0.5) is 5.69 Å². The Morgan fingerprint density at radius 3 is 2.24 bits per heavy atom. The Hall–Kier alpha value is -2.38. The van der Waals surface area contributed by atoms with E-state index in [2.05, 4.69) is 0 Å². The van der Waals surface area contributed by atoms with Gasteiger partial charge in [-0.1, -0.05) is 12.1 Å². The van der Waals surface area contributed by atoms with Crippen molar-refractivity contribution in [2.45, 2.75) is 30.4 Å². The lowest BCUT2D eigenvalue weighted by atomic mass is 10.1. The first kappa shape index (κ1) is 21.3. The monoisotopic (exact) mass is 416 g/mol. The van der Waals surface area contributed by atoms with E-state index in [9.17, 15) is 13.2 Å². The quantitative estimate of drug-likeness (QED) is 0.694. The number of anilines is 1. The van der Waals surface area contributed by atoms with E-state index >= 15 is 0 Å². The SMILES string of the molecule is CN(C)c1ccc(CN(CC2CCCO2)C(=O)c2ccc(S(C)(=O)=O)cc2)cc1. The molecule has 2 aromatic rings. The number of carbonyl (C=O) groups is 1. The van der Waals surface area contributed by atoms with Crippen LogP contribution in [0, 0.1) is 0 Å². The van der Waals surface area contributed by atoms with Crippen molar-refractivity contribution < 1.29 is 17.9 Å². The molecule has 1 saturated heterocycles. The number of hydrogen-bond acceptors (Lipinski definition) is 5. The lowest BCUT2D eigenvalue weighted by Gasteiger charge is -2.26. The third kappa shape index (κ3) is 5.58. The summed E-state index contributed by atoms with van der Waals surface area (Å²) in [5, 5.41) is 0. The van der Waals surface area contributed by atoms with Gasteiger partial charge in [-0.2, -0.15) is 0 Å². The number of carbonyl (C=O) groups excluding carboxylic acids is 1. The Morgan fingerprint density at radius 1 is 1.07 bits per heavy atom. The molecule has 0 aromatic heterocycles. The van der Waals surface area contributed by atoms with Crippen LogP contribution in [-0.4, -0.2) is 58.8 Å². The maximum Gasteiger partial charge on any atom is 0.254 e. The highest BCUT2D eigenvalue weighted by Crippen LogP contribution is 2.20. The molecule has 7 heteroatoms. The second-order valence-electron chi connectivity index (χ2n) is 7.68. The van der Waals surface area contributed by atoms with E-state index in [0.717, 1.165) is 37.0 Å². The maximum absolute atomic E-state index is 13.2. The minimum absolute atomic E-state index is 0.0373. The van der Waals surface area contributed by atoms with Gasteiger partial charge < -0.3 is 14.5 Å². The first-order valence-electron chi connectivity index (χ1n) is 9.71. The Balaban J connectivity index is 1.81. The van der Waals surface area contributed by atoms with Crippen molar-refractivity contribution in [2.75, 3.05) is 38.4 Å². The normalized spacial score (nSPS) is 16.6. The van der Waals surface area contributed by atoms with E-state index in [1.54, 1.807) is 17.0 Å². The van der Waals surface area contributed by atoms with Crippen molar-refractivity contribution >= 4 is 21.4 Å². The third-order valence-electron chi connectivity index (χ3n) is 5.09. The minimum Gasteiger partial charge on any atom is -0.378 e. The fraction of sp³-hybridized carbons (Fsp3) is 0.409. The van der Waals surface area contributed by atoms with Crippen LogP contribution < -0.4 is 4.90 Å². The molecular weight excluding hydrogens is 388 g/mol. The van der Waals surface area contributed by atoms with Crippen molar-refractivity contribution in [2.24, 2.45) is 0 Å². The zero-order valence-electron chi connectivity index (χ0n) is 17.2. The summed E-state index contributed by atoms with van der Waals surface area (Å²) in [5.74, 6) is -0.128. The smallest absolute Gasteiger partial charge is 0.254 e. The van der Waals surface area contributed by atoms with Gasteiger partial charge in [0.15, 0.2) is 9.84 Å². The van der Waals surface area contributed by atoms with E-state index in [-0.39, 0.29) is 16.9 Å². The summed E-state index contributed by atoms with van der Waals surface area (Å²) < 4.78 is 29.1. The van der Waals surface area contributed by atoms with Crippen LogP contribution >= 0.6 is 0 Å². The molecule has 156 valence electrons. The molecule has 1 unspecified atom stereocenters. The number of benzene rings is 2. The summed E-state index contributed by atoms with van der Waals surface area (Å²) >= 11 is 0. The minimum atomic E-state index is -3.29. The van der Waals surface area contributed by atoms with Crippen LogP contribution in [0.15, 0.2) is 53.4 Å². The van der Waals surface area contributed by atoms with Crippen LogP contribution in [0.5, 0.6) is 0 Å². The predicted molar refractivity (Wildman–Crippen MR) is 114 cm³/mol. The summed E-state index contributed by atoms with van der Waals surface area (Å²) in [6.45, 7) is 1.72. The van der Waals surface area contributed by atoms with Gasteiger partial charge in [-0.05, 0) is 54.8 Å². The van der Waals surface area contributed by atoms with Crippen LogP contribution in [0.2, 0.25) is 0 Å². The number of hydrogen-bond donors (Lipinski definition) is 0. The van der Waals surface area contributed by atoms with Crippen LogP contribution in [0.25, 0.3) is 0 Å². The largest absolute Gasteiger partial charge is 0.378 e. The summed E-state index contributed by atoms with van der Waals surface area (Å²) in [6, 6.07) is 14.2. The van der Waals surface area contributed by atoms with Gasteiger partial charge in [-0.15, -0.1) is 0 Å². The number of rotatable bonds is 7. The van der Waals surface area contributed by atoms with E-state index in [0.29, 0.717) is 18.7 Å². The van der Waals surface area contributed by atoms with Crippen molar-refractivity contribution in [3.63, 3.8) is 0 Å². The summed E-state index contributed by atoms with van der Waals surface area (Å²) in [4.78, 5) is 17.2. The van der Waals surface area contributed by atoms with Gasteiger partial charge >= 0.3 is 0 Å². The number of nitrogens with zero attached hydrogens (tertiary/aromatic N) is 2. The first-order valence-corrected chi connectivity index (χ1v) is 11.6. The molecule has 2 aromatic carbocycles. The zero-order chi connectivity index (χ0) is 21.0. The number of amides is 1. The van der Waals surface area contributed by atoms with Gasteiger partial charge in [0.05, 0.1) is 11.0 Å². The number of ether oxygens (including phenoxy) is 1. The average molecular weight is 417 g/mol. The summed E-state index contributed by atoms with van der Waals surface area (Å²) in [5.41, 5.74) is 2.61. The Kier molecular flexibility index (Phi) is 6.59. The molecular formula is C22H28N2O4S. The van der Waals surface area contributed by atoms with E-state index in [4.69, 9.17) is 4.74 Å². The molecule has 0 N–H and O–H groups in total. The zero-order valence-corrected chi connectivity index (χ0v) is 18.0. The molecule has 6 nitrogen and oxygen atoms in total. The molecule has 1 amide bonds. The van der Waals surface area contributed by atoms with E-state index in [1.807, 2.05) is 43.3 Å². The van der Waals surface area contributed by atoms with Crippen molar-refractivity contribution in [1.82, 2.24) is 4.90 Å². The van der Waals surface area contributed by atoms with E-state index < -0.39 is 9.84 Å². The van der Waals surface area contributed by atoms with Gasteiger partial charge in [-0.3, -0.25) is 4.79 Å². The summed E-state index contributed by atoms with van der Waals surface area (Å²) in [6.07, 6.45) is 3.14. The standard InChI is InChI=1S/C22H28N2O4S/c1-23(2)19-10-6-17(7-11-19)15-24(16-20-5-4-14-28-20)22(25)18-8-12-21(13-9-18)29(3,26)27/h6-13,20H,4-5,14-16H2,1-3H3. The highest BCUT2D eigenvalue weighted by Gasteiger charge is 2.24. The van der Waals surface area contributed by atoms with Crippen LogP contribution in [-0.2, 0) is 21.1 Å². The molecule has 1 heterocycles. The predicted octanol–water partition coefficient (Wildman–Crippen LogP) is 2.98. The molecule has 0 bridgehead atoms. The Bertz CT molecular complexity index is 932. The third-order valence-corrected chi connectivity index (χ3v) is 6.22. The Labute approximate surface area is 173 Å². The molecule has 0 saturated carbocycles. The fourth-order valence-electron chi connectivity index (χ4n) is 3.40. The molecule has 1 fully saturated rings. The van der Waals surface area contributed by atoms with Gasteiger partial charge in [0, 0.05) is 51.3 Å².